The van der Waals surface area contributed by atoms with Gasteiger partial charge in [0.2, 0.25) is 5.91 Å². The Morgan fingerprint density at radius 1 is 1.33 bits per heavy atom. The van der Waals surface area contributed by atoms with E-state index in [2.05, 4.69) is 31.5 Å². The van der Waals surface area contributed by atoms with E-state index < -0.39 is 0 Å². The van der Waals surface area contributed by atoms with E-state index in [1.54, 1.807) is 6.20 Å². The van der Waals surface area contributed by atoms with Crippen molar-refractivity contribution in [3.05, 3.63) is 58.3 Å². The number of nitrogens with one attached hydrogen (secondary N) is 2. The van der Waals surface area contributed by atoms with Crippen LogP contribution in [0.5, 0.6) is 0 Å². The fourth-order valence-corrected chi connectivity index (χ4v) is 2.21. The van der Waals surface area contributed by atoms with Crippen LogP contribution in [-0.2, 0) is 11.3 Å². The van der Waals surface area contributed by atoms with Gasteiger partial charge in [-0.15, -0.1) is 0 Å². The number of carbonyl (C=O) groups is 1. The smallest absolute Gasteiger partial charge is 0.225 e. The second-order valence-corrected chi connectivity index (χ2v) is 5.65. The predicted molar refractivity (Wildman–Crippen MR) is 88.1 cm³/mol. The summed E-state index contributed by atoms with van der Waals surface area (Å²) < 4.78 is 0.995. The van der Waals surface area contributed by atoms with Gasteiger partial charge in [0.05, 0.1) is 0 Å². The fourth-order valence-electron chi connectivity index (χ4n) is 1.83. The van der Waals surface area contributed by atoms with Crippen LogP contribution in [0.4, 0.5) is 5.69 Å². The fraction of sp³-hybridized carbons (Fsp3) is 0.250. The zero-order valence-electron chi connectivity index (χ0n) is 11.9. The van der Waals surface area contributed by atoms with Gasteiger partial charge in [-0.05, 0) is 36.2 Å². The maximum absolute atomic E-state index is 11.8. The Balaban J connectivity index is 1.71. The van der Waals surface area contributed by atoms with Crippen molar-refractivity contribution in [3.63, 3.8) is 0 Å². The first-order chi connectivity index (χ1) is 10.1. The summed E-state index contributed by atoms with van der Waals surface area (Å²) in [4.78, 5) is 15.9. The molecular formula is C16H18BrN3O. The minimum atomic E-state index is 0.00411. The average Bonchev–Trinajstić information content (AvgIpc) is 2.49. The van der Waals surface area contributed by atoms with E-state index in [1.807, 2.05) is 43.5 Å². The maximum Gasteiger partial charge on any atom is 0.225 e. The van der Waals surface area contributed by atoms with Gasteiger partial charge in [-0.25, -0.2) is 0 Å². The molecule has 110 valence electrons. The highest BCUT2D eigenvalue weighted by molar-refractivity contribution is 9.10. The van der Waals surface area contributed by atoms with E-state index in [1.165, 1.54) is 0 Å². The summed E-state index contributed by atoms with van der Waals surface area (Å²) in [5.74, 6) is 0.00411. The van der Waals surface area contributed by atoms with Gasteiger partial charge in [-0.1, -0.05) is 28.1 Å². The average molecular weight is 348 g/mol. The summed E-state index contributed by atoms with van der Waals surface area (Å²) in [5, 5.41) is 6.12. The van der Waals surface area contributed by atoms with Gasteiger partial charge in [0, 0.05) is 42.1 Å². The quantitative estimate of drug-likeness (QED) is 0.788. The molecule has 4 nitrogen and oxygen atoms in total. The summed E-state index contributed by atoms with van der Waals surface area (Å²) in [7, 11) is 0. The van der Waals surface area contributed by atoms with Crippen molar-refractivity contribution in [1.29, 1.82) is 0 Å². The van der Waals surface area contributed by atoms with Crippen LogP contribution in [0.15, 0.2) is 47.2 Å². The van der Waals surface area contributed by atoms with E-state index in [0.29, 0.717) is 13.0 Å². The highest BCUT2D eigenvalue weighted by atomic mass is 79.9. The molecule has 1 aromatic carbocycles. The lowest BCUT2D eigenvalue weighted by Crippen LogP contribution is -2.21. The number of pyridine rings is 1. The van der Waals surface area contributed by atoms with E-state index in [9.17, 15) is 4.79 Å². The molecule has 1 heterocycles. The highest BCUT2D eigenvalue weighted by Gasteiger charge is 2.03. The number of amides is 1. The molecule has 21 heavy (non-hydrogen) atoms. The van der Waals surface area contributed by atoms with E-state index in [4.69, 9.17) is 0 Å². The molecule has 2 aromatic rings. The summed E-state index contributed by atoms with van der Waals surface area (Å²) in [6, 6.07) is 9.70. The lowest BCUT2D eigenvalue weighted by Gasteiger charge is -2.08. The van der Waals surface area contributed by atoms with Crippen LogP contribution >= 0.6 is 15.9 Å². The number of anilines is 1. The lowest BCUT2D eigenvalue weighted by molar-refractivity contribution is -0.116. The number of nitrogens with zero attached hydrogens (tertiary/aromatic N) is 1. The van der Waals surface area contributed by atoms with Gasteiger partial charge < -0.3 is 10.6 Å². The Labute approximate surface area is 133 Å². The first-order valence-corrected chi connectivity index (χ1v) is 7.60. The van der Waals surface area contributed by atoms with Crippen LogP contribution in [0.25, 0.3) is 0 Å². The number of hydrogen-bond donors (Lipinski definition) is 2. The second-order valence-electron chi connectivity index (χ2n) is 4.80. The second kappa shape index (κ2) is 7.90. The number of aromatic nitrogens is 1. The molecule has 2 rings (SSSR count). The van der Waals surface area contributed by atoms with Crippen LogP contribution in [0, 0.1) is 6.92 Å². The number of rotatable bonds is 6. The topological polar surface area (TPSA) is 54.0 Å². The summed E-state index contributed by atoms with van der Waals surface area (Å²) in [6.07, 6.45) is 4.00. The molecule has 0 fully saturated rings. The predicted octanol–water partition coefficient (Wildman–Crippen LogP) is 3.27. The zero-order valence-corrected chi connectivity index (χ0v) is 13.5. The standard InChI is InChI=1S/C16H18BrN3O/c1-12-4-5-14(9-15(12)17)20-16(21)6-8-19-11-13-3-2-7-18-10-13/h2-5,7,9-10,19H,6,8,11H2,1H3,(H,20,21). The molecule has 0 spiro atoms. The van der Waals surface area contributed by atoms with Crippen LogP contribution in [0.2, 0.25) is 0 Å². The number of carbonyl (C=O) groups excluding carboxylic acids is 1. The number of benzene rings is 1. The van der Waals surface area contributed by atoms with Crippen LogP contribution < -0.4 is 10.6 Å². The van der Waals surface area contributed by atoms with Crippen LogP contribution in [0.3, 0.4) is 0 Å². The van der Waals surface area contributed by atoms with Crippen molar-refractivity contribution in [3.8, 4) is 0 Å². The highest BCUT2D eigenvalue weighted by Crippen LogP contribution is 2.20. The van der Waals surface area contributed by atoms with Crippen molar-refractivity contribution in [2.24, 2.45) is 0 Å². The van der Waals surface area contributed by atoms with Crippen molar-refractivity contribution in [2.45, 2.75) is 19.9 Å². The molecule has 5 heteroatoms. The first kappa shape index (κ1) is 15.7. The molecule has 1 amide bonds. The van der Waals surface area contributed by atoms with Crippen molar-refractivity contribution < 1.29 is 4.79 Å². The molecule has 0 aliphatic heterocycles. The van der Waals surface area contributed by atoms with Gasteiger partial charge in [0.15, 0.2) is 0 Å². The van der Waals surface area contributed by atoms with Gasteiger partial charge in [-0.3, -0.25) is 9.78 Å². The first-order valence-electron chi connectivity index (χ1n) is 6.81. The Morgan fingerprint density at radius 2 is 2.19 bits per heavy atom. The monoisotopic (exact) mass is 347 g/mol. The van der Waals surface area contributed by atoms with Gasteiger partial charge in [-0.2, -0.15) is 0 Å². The third-order valence-electron chi connectivity index (χ3n) is 3.04. The normalized spacial score (nSPS) is 10.4. The minimum Gasteiger partial charge on any atom is -0.326 e. The summed E-state index contributed by atoms with van der Waals surface area (Å²) in [5.41, 5.74) is 3.07. The molecule has 0 saturated heterocycles. The van der Waals surface area contributed by atoms with Crippen molar-refractivity contribution in [1.82, 2.24) is 10.3 Å². The van der Waals surface area contributed by atoms with Crippen molar-refractivity contribution >= 4 is 27.5 Å². The number of aryl methyl sites for hydroxylation is 1. The summed E-state index contributed by atoms with van der Waals surface area (Å²) in [6.45, 7) is 3.36. The Hall–Kier alpha value is -1.72. The SMILES string of the molecule is Cc1ccc(NC(=O)CCNCc2cccnc2)cc1Br. The molecule has 2 N–H and O–H groups in total. The molecule has 0 aliphatic carbocycles. The Morgan fingerprint density at radius 3 is 2.90 bits per heavy atom. The van der Waals surface area contributed by atoms with Gasteiger partial charge in [0.1, 0.15) is 0 Å². The molecule has 0 aliphatic rings. The van der Waals surface area contributed by atoms with Gasteiger partial charge >= 0.3 is 0 Å². The molecule has 0 unspecified atom stereocenters. The third kappa shape index (κ3) is 5.28. The Bertz CT molecular complexity index is 602. The molecule has 0 bridgehead atoms. The molecule has 0 saturated carbocycles. The van der Waals surface area contributed by atoms with Crippen molar-refractivity contribution in [2.75, 3.05) is 11.9 Å². The molecule has 0 atom stereocenters. The third-order valence-corrected chi connectivity index (χ3v) is 3.89. The molecule has 1 aromatic heterocycles. The number of halogens is 1. The van der Waals surface area contributed by atoms with E-state index >= 15 is 0 Å². The number of hydrogen-bond acceptors (Lipinski definition) is 3. The summed E-state index contributed by atoms with van der Waals surface area (Å²) >= 11 is 3.46. The van der Waals surface area contributed by atoms with E-state index in [0.717, 1.165) is 27.8 Å². The van der Waals surface area contributed by atoms with Gasteiger partial charge in [0.25, 0.3) is 0 Å². The van der Waals surface area contributed by atoms with E-state index in [-0.39, 0.29) is 5.91 Å². The molecular weight excluding hydrogens is 330 g/mol. The van der Waals surface area contributed by atoms with Crippen LogP contribution in [-0.4, -0.2) is 17.4 Å². The lowest BCUT2D eigenvalue weighted by atomic mass is 10.2. The Kier molecular flexibility index (Phi) is 5.90. The maximum atomic E-state index is 11.8. The largest absolute Gasteiger partial charge is 0.326 e. The zero-order chi connectivity index (χ0) is 15.1. The molecule has 0 radical (unpaired) electrons. The minimum absolute atomic E-state index is 0.00411. The van der Waals surface area contributed by atoms with Crippen LogP contribution in [0.1, 0.15) is 17.5 Å².